The predicted octanol–water partition coefficient (Wildman–Crippen LogP) is 2.90. The number of hydrogen-bond acceptors (Lipinski definition) is 3. The maximum Gasteiger partial charge on any atom is 0.228 e. The molecule has 4 fully saturated rings. The smallest absolute Gasteiger partial charge is 0.228 e. The van der Waals surface area contributed by atoms with Gasteiger partial charge in [0.2, 0.25) is 5.91 Å². The standard InChI is InChI=1S/C24H30N2O2/c1-16-2-5-18-12-22-6-7-24(20(27)11-21(28)25-24)14-23(22,19(18)10-16)8-9-26(15-22)13-17-3-4-17/h2,5,10,17H,3-4,6-9,11-15H2,1H3,(H,25,28)/t22?,23-,24+/m1/s1. The van der Waals surface area contributed by atoms with E-state index >= 15 is 0 Å². The molecule has 0 aromatic heterocycles. The number of carbonyl (C=O) groups excluding carboxylic acids is 2. The first-order valence-electron chi connectivity index (χ1n) is 11.1. The summed E-state index contributed by atoms with van der Waals surface area (Å²) in [6.45, 7) is 5.73. The largest absolute Gasteiger partial charge is 0.343 e. The molecule has 6 rings (SSSR count). The highest BCUT2D eigenvalue weighted by Crippen LogP contribution is 2.65. The van der Waals surface area contributed by atoms with E-state index in [0.717, 1.165) is 51.1 Å². The first kappa shape index (κ1) is 17.2. The third-order valence-electron chi connectivity index (χ3n) is 8.79. The van der Waals surface area contributed by atoms with Crippen LogP contribution in [0.4, 0.5) is 0 Å². The number of aryl methyl sites for hydroxylation is 1. The minimum atomic E-state index is -0.607. The Bertz CT molecular complexity index is 891. The quantitative estimate of drug-likeness (QED) is 0.805. The van der Waals surface area contributed by atoms with Crippen molar-refractivity contribution in [2.75, 3.05) is 19.6 Å². The van der Waals surface area contributed by atoms with Crippen molar-refractivity contribution in [3.05, 3.63) is 34.9 Å². The van der Waals surface area contributed by atoms with Crippen LogP contribution in [0.1, 0.15) is 61.6 Å². The number of likely N-dealkylation sites (tertiary alicyclic amines) is 1. The maximum absolute atomic E-state index is 12.9. The number of rotatable bonds is 2. The number of amides is 1. The van der Waals surface area contributed by atoms with Crippen molar-refractivity contribution in [2.45, 2.75) is 69.2 Å². The Morgan fingerprint density at radius 1 is 1.18 bits per heavy atom. The Morgan fingerprint density at radius 3 is 2.79 bits per heavy atom. The molecule has 2 saturated heterocycles. The highest BCUT2D eigenvalue weighted by atomic mass is 16.2. The number of piperidine rings is 1. The summed E-state index contributed by atoms with van der Waals surface area (Å²) in [7, 11) is 0. The second-order valence-electron chi connectivity index (χ2n) is 10.5. The van der Waals surface area contributed by atoms with E-state index in [0.29, 0.717) is 0 Å². The van der Waals surface area contributed by atoms with Gasteiger partial charge >= 0.3 is 0 Å². The molecule has 2 heterocycles. The number of hydrogen-bond donors (Lipinski definition) is 1. The maximum atomic E-state index is 12.9. The fourth-order valence-electron chi connectivity index (χ4n) is 7.27. The number of nitrogens with zero attached hydrogens (tertiary/aromatic N) is 1. The molecule has 5 aliphatic rings. The zero-order chi connectivity index (χ0) is 19.1. The highest BCUT2D eigenvalue weighted by molar-refractivity contribution is 6.10. The number of fused-ring (bicyclic) bond motifs is 1. The van der Waals surface area contributed by atoms with Crippen LogP contribution in [0, 0.1) is 18.3 Å². The third kappa shape index (κ3) is 2.21. The number of benzene rings is 1. The van der Waals surface area contributed by atoms with Crippen molar-refractivity contribution in [1.29, 1.82) is 0 Å². The second kappa shape index (κ2) is 5.47. The topological polar surface area (TPSA) is 49.4 Å². The van der Waals surface area contributed by atoms with Gasteiger partial charge in [0.1, 0.15) is 0 Å². The Labute approximate surface area is 167 Å². The van der Waals surface area contributed by atoms with Crippen molar-refractivity contribution in [3.8, 4) is 0 Å². The summed E-state index contributed by atoms with van der Waals surface area (Å²) in [5, 5.41) is 3.15. The van der Waals surface area contributed by atoms with E-state index in [4.69, 9.17) is 0 Å². The third-order valence-corrected chi connectivity index (χ3v) is 8.79. The van der Waals surface area contributed by atoms with Crippen LogP contribution in [0.15, 0.2) is 18.2 Å². The van der Waals surface area contributed by atoms with Gasteiger partial charge in [-0.2, -0.15) is 0 Å². The molecule has 2 saturated carbocycles. The molecule has 1 N–H and O–H groups in total. The summed E-state index contributed by atoms with van der Waals surface area (Å²) in [4.78, 5) is 27.8. The number of carbonyl (C=O) groups is 2. The van der Waals surface area contributed by atoms with E-state index in [1.165, 1.54) is 36.1 Å². The van der Waals surface area contributed by atoms with Gasteiger partial charge in [0.25, 0.3) is 0 Å². The first-order valence-corrected chi connectivity index (χ1v) is 11.1. The summed E-state index contributed by atoms with van der Waals surface area (Å²) in [5.41, 5.74) is 3.96. The van der Waals surface area contributed by atoms with Gasteiger partial charge in [-0.05, 0) is 80.9 Å². The minimum Gasteiger partial charge on any atom is -0.343 e. The summed E-state index contributed by atoms with van der Waals surface area (Å²) < 4.78 is 0. The van der Waals surface area contributed by atoms with Gasteiger partial charge in [-0.1, -0.05) is 23.8 Å². The molecule has 28 heavy (non-hydrogen) atoms. The summed E-state index contributed by atoms with van der Waals surface area (Å²) >= 11 is 0. The average Bonchev–Trinajstić information content (AvgIpc) is 3.36. The van der Waals surface area contributed by atoms with Gasteiger partial charge < -0.3 is 10.2 Å². The van der Waals surface area contributed by atoms with Crippen LogP contribution >= 0.6 is 0 Å². The molecule has 1 amide bonds. The molecular weight excluding hydrogens is 348 g/mol. The summed E-state index contributed by atoms with van der Waals surface area (Å²) in [5.74, 6) is 0.991. The molecule has 1 aromatic rings. The molecule has 3 atom stereocenters. The lowest BCUT2D eigenvalue weighted by molar-refractivity contribution is -0.128. The van der Waals surface area contributed by atoms with Gasteiger partial charge in [-0.15, -0.1) is 0 Å². The molecule has 2 aliphatic heterocycles. The van der Waals surface area contributed by atoms with E-state index < -0.39 is 5.54 Å². The van der Waals surface area contributed by atoms with Crippen LogP contribution in [0.5, 0.6) is 0 Å². The van der Waals surface area contributed by atoms with Crippen LogP contribution in [0.3, 0.4) is 0 Å². The van der Waals surface area contributed by atoms with Gasteiger partial charge in [-0.25, -0.2) is 0 Å². The Hall–Kier alpha value is -1.68. The molecule has 1 aromatic carbocycles. The fourth-order valence-corrected chi connectivity index (χ4v) is 7.27. The fraction of sp³-hybridized carbons (Fsp3) is 0.667. The molecule has 0 bridgehead atoms. The molecule has 1 unspecified atom stereocenters. The second-order valence-corrected chi connectivity index (χ2v) is 10.5. The van der Waals surface area contributed by atoms with E-state index in [9.17, 15) is 9.59 Å². The van der Waals surface area contributed by atoms with E-state index in [2.05, 4.69) is 35.3 Å². The number of ketones is 1. The van der Waals surface area contributed by atoms with Crippen LogP contribution in [0.25, 0.3) is 0 Å². The lowest BCUT2D eigenvalue weighted by Crippen LogP contribution is -2.65. The van der Waals surface area contributed by atoms with Gasteiger partial charge in [0, 0.05) is 18.5 Å². The normalized spacial score (nSPS) is 39.6. The van der Waals surface area contributed by atoms with Crippen molar-refractivity contribution in [1.82, 2.24) is 10.2 Å². The lowest BCUT2D eigenvalue weighted by Gasteiger charge is -2.60. The Kier molecular flexibility index (Phi) is 3.36. The molecular formula is C24H30N2O2. The predicted molar refractivity (Wildman–Crippen MR) is 107 cm³/mol. The number of Topliss-reactive ketones (excluding diaryl/α,β-unsaturated/α-hetero) is 1. The SMILES string of the molecule is Cc1ccc2c(c1)[C@]13CCN(CC4CC4)CC1(CC[C@@]1(C3)NC(=O)CC1=O)C2. The van der Waals surface area contributed by atoms with Crippen molar-refractivity contribution in [3.63, 3.8) is 0 Å². The monoisotopic (exact) mass is 378 g/mol. The molecule has 148 valence electrons. The van der Waals surface area contributed by atoms with Crippen LogP contribution in [0.2, 0.25) is 0 Å². The summed E-state index contributed by atoms with van der Waals surface area (Å²) in [6.07, 6.45) is 7.84. The minimum absolute atomic E-state index is 0.0416. The van der Waals surface area contributed by atoms with Gasteiger partial charge in [0.05, 0.1) is 12.0 Å². The van der Waals surface area contributed by atoms with Gasteiger partial charge in [0.15, 0.2) is 5.78 Å². The lowest BCUT2D eigenvalue weighted by atomic mass is 9.49. The zero-order valence-corrected chi connectivity index (χ0v) is 16.9. The molecule has 0 radical (unpaired) electrons. The van der Waals surface area contributed by atoms with Gasteiger partial charge in [-0.3, -0.25) is 9.59 Å². The van der Waals surface area contributed by atoms with Crippen molar-refractivity contribution < 1.29 is 9.59 Å². The number of nitrogens with one attached hydrogen (secondary N) is 1. The molecule has 4 nitrogen and oxygen atoms in total. The van der Waals surface area contributed by atoms with Crippen molar-refractivity contribution >= 4 is 11.7 Å². The average molecular weight is 379 g/mol. The van der Waals surface area contributed by atoms with Crippen LogP contribution in [-0.4, -0.2) is 41.8 Å². The molecule has 4 heteroatoms. The highest BCUT2D eigenvalue weighted by Gasteiger charge is 2.67. The van der Waals surface area contributed by atoms with Crippen LogP contribution in [-0.2, 0) is 21.4 Å². The molecule has 3 aliphatic carbocycles. The Balaban J connectivity index is 1.44. The van der Waals surface area contributed by atoms with Crippen molar-refractivity contribution in [2.24, 2.45) is 11.3 Å². The zero-order valence-electron chi connectivity index (χ0n) is 16.9. The summed E-state index contributed by atoms with van der Waals surface area (Å²) in [6, 6.07) is 6.98. The van der Waals surface area contributed by atoms with E-state index in [-0.39, 0.29) is 28.9 Å². The Morgan fingerprint density at radius 2 is 2.04 bits per heavy atom. The first-order chi connectivity index (χ1) is 13.4. The molecule has 1 spiro atoms. The van der Waals surface area contributed by atoms with Crippen LogP contribution < -0.4 is 5.32 Å². The van der Waals surface area contributed by atoms with E-state index in [1.54, 1.807) is 0 Å². The van der Waals surface area contributed by atoms with E-state index in [1.807, 2.05) is 0 Å².